The molecule has 10 heteroatoms. The smallest absolute Gasteiger partial charge is 0.191 e. The highest BCUT2D eigenvalue weighted by atomic mass is 127. The van der Waals surface area contributed by atoms with Crippen molar-refractivity contribution in [1.29, 1.82) is 0 Å². The highest BCUT2D eigenvalue weighted by Crippen LogP contribution is 2.13. The molecule has 0 aliphatic carbocycles. The molecule has 0 saturated carbocycles. The van der Waals surface area contributed by atoms with E-state index in [1.807, 2.05) is 11.6 Å². The van der Waals surface area contributed by atoms with Gasteiger partial charge >= 0.3 is 0 Å². The van der Waals surface area contributed by atoms with Crippen LogP contribution in [0.15, 0.2) is 29.3 Å². The van der Waals surface area contributed by atoms with Crippen molar-refractivity contribution in [3.8, 4) is 5.75 Å². The minimum atomic E-state index is -0.768. The first-order valence-electron chi connectivity index (χ1n) is 10.1. The van der Waals surface area contributed by atoms with E-state index in [4.69, 9.17) is 4.74 Å². The highest BCUT2D eigenvalue weighted by Gasteiger charge is 2.22. The van der Waals surface area contributed by atoms with Crippen molar-refractivity contribution in [2.24, 2.45) is 4.99 Å². The van der Waals surface area contributed by atoms with Gasteiger partial charge in [0.1, 0.15) is 30.1 Å². The van der Waals surface area contributed by atoms with E-state index in [1.54, 1.807) is 0 Å². The van der Waals surface area contributed by atoms with Gasteiger partial charge in [-0.2, -0.15) is 5.10 Å². The molecule has 166 valence electrons. The number of fused-ring (bicyclic) bond motifs is 1. The van der Waals surface area contributed by atoms with Crippen LogP contribution in [0.4, 0.5) is 4.39 Å². The van der Waals surface area contributed by atoms with Gasteiger partial charge in [-0.15, -0.1) is 24.0 Å². The van der Waals surface area contributed by atoms with Crippen LogP contribution in [0.25, 0.3) is 0 Å². The number of aliphatic hydroxyl groups is 1. The zero-order valence-electron chi connectivity index (χ0n) is 17.3. The molecule has 0 radical (unpaired) electrons. The predicted octanol–water partition coefficient (Wildman–Crippen LogP) is 1.91. The molecule has 8 nitrogen and oxygen atoms in total. The number of aliphatic hydroxyl groups excluding tert-OH is 1. The Bertz CT molecular complexity index is 814. The summed E-state index contributed by atoms with van der Waals surface area (Å²) < 4.78 is 20.4. The zero-order valence-corrected chi connectivity index (χ0v) is 19.7. The molecule has 2 atom stereocenters. The predicted molar refractivity (Wildman–Crippen MR) is 124 cm³/mol. The number of guanidine groups is 1. The van der Waals surface area contributed by atoms with Crippen LogP contribution in [-0.4, -0.2) is 57.7 Å². The largest absolute Gasteiger partial charge is 0.491 e. The van der Waals surface area contributed by atoms with E-state index in [0.717, 1.165) is 44.0 Å². The van der Waals surface area contributed by atoms with Gasteiger partial charge in [-0.05, 0) is 37.6 Å². The minimum Gasteiger partial charge on any atom is -0.491 e. The third kappa shape index (κ3) is 7.08. The lowest BCUT2D eigenvalue weighted by atomic mass is 10.1. The van der Waals surface area contributed by atoms with Crippen molar-refractivity contribution in [1.82, 2.24) is 25.4 Å². The fourth-order valence-corrected chi connectivity index (χ4v) is 3.11. The lowest BCUT2D eigenvalue weighted by Crippen LogP contribution is -2.47. The second-order valence-corrected chi connectivity index (χ2v) is 7.00. The molecule has 0 fully saturated rings. The number of aliphatic imine (C=N–C) groups is 1. The summed E-state index contributed by atoms with van der Waals surface area (Å²) in [5.41, 5.74) is 0. The Morgan fingerprint density at radius 2 is 2.13 bits per heavy atom. The molecule has 0 saturated heterocycles. The van der Waals surface area contributed by atoms with Crippen LogP contribution in [0, 0.1) is 5.82 Å². The average Bonchev–Trinajstić information content (AvgIpc) is 3.14. The van der Waals surface area contributed by atoms with Crippen molar-refractivity contribution in [3.63, 3.8) is 0 Å². The molecule has 3 rings (SSSR count). The Morgan fingerprint density at radius 3 is 2.83 bits per heavy atom. The Kier molecular flexibility index (Phi) is 9.76. The van der Waals surface area contributed by atoms with Crippen molar-refractivity contribution in [2.45, 2.75) is 51.8 Å². The second-order valence-electron chi connectivity index (χ2n) is 7.00. The molecule has 0 bridgehead atoms. The van der Waals surface area contributed by atoms with E-state index in [-0.39, 0.29) is 49.0 Å². The molecule has 1 aromatic carbocycles. The first-order valence-corrected chi connectivity index (χ1v) is 10.1. The number of nitrogens with zero attached hydrogens (tertiary/aromatic N) is 4. The quantitative estimate of drug-likeness (QED) is 0.273. The van der Waals surface area contributed by atoms with Crippen LogP contribution in [-0.2, 0) is 19.4 Å². The minimum absolute atomic E-state index is 0. The highest BCUT2D eigenvalue weighted by molar-refractivity contribution is 14.0. The zero-order chi connectivity index (χ0) is 20.6. The Morgan fingerprint density at radius 1 is 1.37 bits per heavy atom. The first-order chi connectivity index (χ1) is 14.1. The number of rotatable bonds is 8. The standard InChI is InChI=1S/C20H29FN6O2.HI/c1-3-18-25-19-10-7-15(12-27(19)26-18)24-20(22-4-2)23-11-16(28)13-29-17-8-5-14(21)6-9-17;/h5-6,8-9,15-16,28H,3-4,7,10-13H2,1-2H3,(H2,22,23,24);1H. The lowest BCUT2D eigenvalue weighted by Gasteiger charge is -2.25. The van der Waals surface area contributed by atoms with Gasteiger partial charge in [0.25, 0.3) is 0 Å². The average molecular weight is 532 g/mol. The van der Waals surface area contributed by atoms with Crippen LogP contribution in [0.1, 0.15) is 31.9 Å². The number of hydrogen-bond acceptors (Lipinski definition) is 5. The van der Waals surface area contributed by atoms with Gasteiger partial charge in [0.05, 0.1) is 13.1 Å². The van der Waals surface area contributed by atoms with Crippen molar-refractivity contribution in [2.75, 3.05) is 19.7 Å². The molecule has 1 aromatic heterocycles. The summed E-state index contributed by atoms with van der Waals surface area (Å²) in [5.74, 6) is 2.76. The van der Waals surface area contributed by atoms with E-state index in [9.17, 15) is 9.50 Å². The number of nitrogens with one attached hydrogen (secondary N) is 2. The van der Waals surface area contributed by atoms with Gasteiger partial charge in [-0.3, -0.25) is 4.99 Å². The molecule has 2 heterocycles. The molecular weight excluding hydrogens is 502 g/mol. The van der Waals surface area contributed by atoms with Crippen LogP contribution < -0.4 is 15.4 Å². The molecule has 1 aliphatic heterocycles. The van der Waals surface area contributed by atoms with E-state index < -0.39 is 6.10 Å². The summed E-state index contributed by atoms with van der Waals surface area (Å²) in [4.78, 5) is 9.01. The van der Waals surface area contributed by atoms with Gasteiger partial charge in [0.2, 0.25) is 0 Å². The number of aryl methyl sites for hydroxylation is 2. The number of ether oxygens (including phenoxy) is 1. The molecule has 2 aromatic rings. The van der Waals surface area contributed by atoms with E-state index in [2.05, 4.69) is 32.6 Å². The van der Waals surface area contributed by atoms with Crippen LogP contribution in [0.3, 0.4) is 0 Å². The van der Waals surface area contributed by atoms with Gasteiger partial charge in [0, 0.05) is 25.4 Å². The van der Waals surface area contributed by atoms with Crippen LogP contribution >= 0.6 is 24.0 Å². The summed E-state index contributed by atoms with van der Waals surface area (Å²) in [7, 11) is 0. The number of benzene rings is 1. The second kappa shape index (κ2) is 12.0. The van der Waals surface area contributed by atoms with E-state index >= 15 is 0 Å². The first kappa shape index (κ1) is 24.3. The summed E-state index contributed by atoms with van der Waals surface area (Å²) in [5, 5.41) is 21.3. The van der Waals surface area contributed by atoms with Crippen molar-refractivity contribution < 1.29 is 14.2 Å². The molecule has 2 unspecified atom stereocenters. The number of halogens is 2. The maximum absolute atomic E-state index is 12.9. The summed E-state index contributed by atoms with van der Waals surface area (Å²) >= 11 is 0. The van der Waals surface area contributed by atoms with Gasteiger partial charge < -0.3 is 20.5 Å². The van der Waals surface area contributed by atoms with Crippen LogP contribution in [0.5, 0.6) is 5.75 Å². The fraction of sp³-hybridized carbons (Fsp3) is 0.550. The number of aromatic nitrogens is 3. The van der Waals surface area contributed by atoms with E-state index in [0.29, 0.717) is 11.7 Å². The molecule has 3 N–H and O–H groups in total. The maximum Gasteiger partial charge on any atom is 0.191 e. The maximum atomic E-state index is 12.9. The molecule has 30 heavy (non-hydrogen) atoms. The SMILES string of the molecule is CCNC(=NCC(O)COc1ccc(F)cc1)NC1CCc2nc(CC)nn2C1.I. The molecular formula is C20H30FIN6O2. The van der Waals surface area contributed by atoms with E-state index in [1.165, 1.54) is 24.3 Å². The van der Waals surface area contributed by atoms with Gasteiger partial charge in [-0.1, -0.05) is 6.92 Å². The summed E-state index contributed by atoms with van der Waals surface area (Å²) in [6, 6.07) is 5.90. The third-order valence-electron chi connectivity index (χ3n) is 4.62. The fourth-order valence-electron chi connectivity index (χ4n) is 3.11. The summed E-state index contributed by atoms with van der Waals surface area (Å²) in [6.07, 6.45) is 1.89. The van der Waals surface area contributed by atoms with Crippen molar-refractivity contribution >= 4 is 29.9 Å². The lowest BCUT2D eigenvalue weighted by molar-refractivity contribution is 0.114. The third-order valence-corrected chi connectivity index (χ3v) is 4.62. The molecule has 0 amide bonds. The Balaban J connectivity index is 0.00000320. The molecule has 1 aliphatic rings. The Labute approximate surface area is 193 Å². The topological polar surface area (TPSA) is 96.6 Å². The van der Waals surface area contributed by atoms with Crippen LogP contribution in [0.2, 0.25) is 0 Å². The monoisotopic (exact) mass is 532 g/mol. The Hall–Kier alpha value is -1.95. The normalized spacial score (nSPS) is 16.9. The summed E-state index contributed by atoms with van der Waals surface area (Å²) in [6.45, 7) is 5.78. The van der Waals surface area contributed by atoms with Gasteiger partial charge in [0.15, 0.2) is 11.8 Å². The molecule has 0 spiro atoms. The van der Waals surface area contributed by atoms with Crippen molar-refractivity contribution in [3.05, 3.63) is 41.7 Å². The number of hydrogen-bond donors (Lipinski definition) is 3. The van der Waals surface area contributed by atoms with Gasteiger partial charge in [-0.25, -0.2) is 14.1 Å².